The predicted molar refractivity (Wildman–Crippen MR) is 114 cm³/mol. The zero-order valence-electron chi connectivity index (χ0n) is 15.0. The lowest BCUT2D eigenvalue weighted by molar-refractivity contribution is 1.17. The van der Waals surface area contributed by atoms with Crippen molar-refractivity contribution in [1.82, 2.24) is 0 Å². The second-order valence-corrected chi connectivity index (χ2v) is 6.99. The van der Waals surface area contributed by atoms with Crippen molar-refractivity contribution < 1.29 is 0 Å². The number of nitrogens with zero attached hydrogens (tertiary/aromatic N) is 1. The van der Waals surface area contributed by atoms with Crippen LogP contribution in [0.4, 0.5) is 17.1 Å². The molecule has 1 aliphatic rings. The van der Waals surface area contributed by atoms with Gasteiger partial charge in [-0.25, -0.2) is 0 Å². The van der Waals surface area contributed by atoms with E-state index in [4.69, 9.17) is 0 Å². The lowest BCUT2D eigenvalue weighted by Gasteiger charge is -2.33. The Morgan fingerprint density at radius 3 is 1.96 bits per heavy atom. The first-order valence-corrected chi connectivity index (χ1v) is 9.87. The van der Waals surface area contributed by atoms with Crippen molar-refractivity contribution in [2.45, 2.75) is 23.6 Å². The Kier molecular flexibility index (Phi) is 4.68. The van der Waals surface area contributed by atoms with E-state index in [1.165, 1.54) is 37.6 Å². The highest BCUT2D eigenvalue weighted by Crippen LogP contribution is 2.52. The Labute approximate surface area is 159 Å². The first kappa shape index (κ1) is 16.7. The van der Waals surface area contributed by atoms with Crippen molar-refractivity contribution in [3.63, 3.8) is 0 Å². The summed E-state index contributed by atoms with van der Waals surface area (Å²) in [6, 6.07) is 32.4. The molecule has 1 nitrogen and oxygen atoms in total. The molecule has 1 aliphatic heterocycles. The highest BCUT2D eigenvalue weighted by atomic mass is 32.2. The number of para-hydroxylation sites is 2. The lowest BCUT2D eigenvalue weighted by atomic mass is 10.1. The van der Waals surface area contributed by atoms with Gasteiger partial charge in [0.15, 0.2) is 0 Å². The van der Waals surface area contributed by atoms with Crippen LogP contribution in [0.5, 0.6) is 0 Å². The van der Waals surface area contributed by atoms with E-state index in [-0.39, 0.29) is 0 Å². The molecule has 0 aromatic heterocycles. The number of fused-ring (bicyclic) bond motifs is 3. The fraction of sp³-hybridized carbons (Fsp3) is 0.0833. The second kappa shape index (κ2) is 7.27. The average molecular weight is 356 g/mol. The molecule has 2 heteroatoms. The monoisotopic (exact) mass is 355 g/mol. The Morgan fingerprint density at radius 1 is 0.577 bits per heavy atom. The highest BCUT2D eigenvalue weighted by Gasteiger charge is 2.24. The van der Waals surface area contributed by atoms with E-state index in [1.807, 2.05) is 25.6 Å². The van der Waals surface area contributed by atoms with Gasteiger partial charge >= 0.3 is 0 Å². The predicted octanol–water partition coefficient (Wildman–Crippen LogP) is 7.80. The molecule has 0 amide bonds. The molecule has 0 unspecified atom stereocenters. The molecule has 0 atom stereocenters. The Hall–Kier alpha value is -2.71. The standard InChI is InChI=1S/C22H15NS.C2H6/c1-2-10-18(11-3-1)23-19-12-6-7-13-21(19)24-22-15-17-9-5-4-8-16(17)14-20(22)23;1-2/h1-15H;1-2H3. The van der Waals surface area contributed by atoms with Crippen LogP contribution >= 0.6 is 11.8 Å². The third-order valence-corrected chi connectivity index (χ3v) is 5.52. The number of benzene rings is 4. The molecular formula is C24H21NS. The van der Waals surface area contributed by atoms with Crippen LogP contribution < -0.4 is 4.90 Å². The molecule has 0 bridgehead atoms. The number of hydrogen-bond acceptors (Lipinski definition) is 2. The minimum absolute atomic E-state index is 1.20. The molecule has 0 N–H and O–H groups in total. The van der Waals surface area contributed by atoms with Crippen molar-refractivity contribution in [2.24, 2.45) is 0 Å². The summed E-state index contributed by atoms with van der Waals surface area (Å²) >= 11 is 1.85. The zero-order chi connectivity index (χ0) is 17.9. The Morgan fingerprint density at radius 2 is 1.19 bits per heavy atom. The quantitative estimate of drug-likeness (QED) is 0.302. The van der Waals surface area contributed by atoms with Gasteiger partial charge in [0.25, 0.3) is 0 Å². The summed E-state index contributed by atoms with van der Waals surface area (Å²) in [5.41, 5.74) is 3.70. The van der Waals surface area contributed by atoms with Crippen LogP contribution in [0.15, 0.2) is 101 Å². The minimum atomic E-state index is 1.20. The highest BCUT2D eigenvalue weighted by molar-refractivity contribution is 7.99. The maximum Gasteiger partial charge on any atom is 0.0608 e. The van der Waals surface area contributed by atoms with Crippen LogP contribution in [0.3, 0.4) is 0 Å². The first-order valence-electron chi connectivity index (χ1n) is 9.05. The van der Waals surface area contributed by atoms with Gasteiger partial charge in [-0.3, -0.25) is 0 Å². The Balaban J connectivity index is 0.000000814. The summed E-state index contributed by atoms with van der Waals surface area (Å²) in [4.78, 5) is 4.97. The largest absolute Gasteiger partial charge is 0.308 e. The molecule has 0 fully saturated rings. The molecule has 5 rings (SSSR count). The van der Waals surface area contributed by atoms with Gasteiger partial charge < -0.3 is 4.90 Å². The number of anilines is 3. The number of hydrogen-bond donors (Lipinski definition) is 0. The van der Waals surface area contributed by atoms with Crippen LogP contribution in [0.25, 0.3) is 10.8 Å². The number of rotatable bonds is 1. The molecule has 0 aliphatic carbocycles. The minimum Gasteiger partial charge on any atom is -0.308 e. The third-order valence-electron chi connectivity index (χ3n) is 4.41. The fourth-order valence-electron chi connectivity index (χ4n) is 3.30. The average Bonchev–Trinajstić information content (AvgIpc) is 2.72. The van der Waals surface area contributed by atoms with Gasteiger partial charge in [-0.05, 0) is 47.2 Å². The molecule has 26 heavy (non-hydrogen) atoms. The molecule has 0 radical (unpaired) electrons. The SMILES string of the molecule is CC.c1ccc(N2c3ccccc3Sc3cc4ccccc4cc32)cc1. The summed E-state index contributed by atoms with van der Waals surface area (Å²) < 4.78 is 0. The van der Waals surface area contributed by atoms with E-state index in [0.29, 0.717) is 0 Å². The van der Waals surface area contributed by atoms with E-state index in [9.17, 15) is 0 Å². The summed E-state index contributed by atoms with van der Waals surface area (Å²) in [6.45, 7) is 4.00. The van der Waals surface area contributed by atoms with Crippen molar-refractivity contribution in [2.75, 3.05) is 4.90 Å². The van der Waals surface area contributed by atoms with E-state index < -0.39 is 0 Å². The van der Waals surface area contributed by atoms with Crippen LogP contribution in [-0.2, 0) is 0 Å². The molecule has 0 saturated heterocycles. The topological polar surface area (TPSA) is 3.24 Å². The van der Waals surface area contributed by atoms with E-state index in [1.54, 1.807) is 0 Å². The second-order valence-electron chi connectivity index (χ2n) is 5.91. The van der Waals surface area contributed by atoms with Crippen molar-refractivity contribution in [1.29, 1.82) is 0 Å². The maximum atomic E-state index is 2.37. The summed E-state index contributed by atoms with van der Waals surface area (Å²) in [5, 5.41) is 2.56. The van der Waals surface area contributed by atoms with Crippen molar-refractivity contribution in [3.8, 4) is 0 Å². The van der Waals surface area contributed by atoms with Gasteiger partial charge in [0, 0.05) is 15.5 Å². The van der Waals surface area contributed by atoms with Gasteiger partial charge in [-0.15, -0.1) is 0 Å². The van der Waals surface area contributed by atoms with Crippen molar-refractivity contribution >= 4 is 39.6 Å². The molecule has 4 aromatic rings. The lowest BCUT2D eigenvalue weighted by Crippen LogP contribution is -2.14. The van der Waals surface area contributed by atoms with Gasteiger partial charge in [-0.2, -0.15) is 0 Å². The van der Waals surface area contributed by atoms with Crippen LogP contribution in [0.2, 0.25) is 0 Å². The van der Waals surface area contributed by atoms with Gasteiger partial charge in [0.2, 0.25) is 0 Å². The molecule has 0 spiro atoms. The van der Waals surface area contributed by atoms with Gasteiger partial charge in [-0.1, -0.05) is 80.2 Å². The molecule has 4 aromatic carbocycles. The smallest absolute Gasteiger partial charge is 0.0608 e. The third kappa shape index (κ3) is 2.87. The van der Waals surface area contributed by atoms with Gasteiger partial charge in [0.1, 0.15) is 0 Å². The van der Waals surface area contributed by atoms with Crippen LogP contribution in [-0.4, -0.2) is 0 Å². The van der Waals surface area contributed by atoms with Gasteiger partial charge in [0.05, 0.1) is 11.4 Å². The summed E-state index contributed by atoms with van der Waals surface area (Å²) in [6.07, 6.45) is 0. The fourth-order valence-corrected chi connectivity index (χ4v) is 4.38. The van der Waals surface area contributed by atoms with E-state index >= 15 is 0 Å². The molecule has 1 heterocycles. The normalized spacial score (nSPS) is 12.0. The Bertz CT molecular complexity index is 1040. The maximum absolute atomic E-state index is 2.37. The van der Waals surface area contributed by atoms with Crippen molar-refractivity contribution in [3.05, 3.63) is 91.0 Å². The van der Waals surface area contributed by atoms with Crippen LogP contribution in [0, 0.1) is 0 Å². The van der Waals surface area contributed by atoms with E-state index in [0.717, 1.165) is 0 Å². The summed E-state index contributed by atoms with van der Waals surface area (Å²) in [7, 11) is 0. The molecular weight excluding hydrogens is 334 g/mol. The van der Waals surface area contributed by atoms with Crippen LogP contribution in [0.1, 0.15) is 13.8 Å². The zero-order valence-corrected chi connectivity index (χ0v) is 15.8. The molecule has 128 valence electrons. The summed E-state index contributed by atoms with van der Waals surface area (Å²) in [5.74, 6) is 0. The van der Waals surface area contributed by atoms with E-state index in [2.05, 4.69) is 95.9 Å². The first-order chi connectivity index (χ1) is 12.9. The molecule has 0 saturated carbocycles.